The van der Waals surface area contributed by atoms with E-state index in [9.17, 15) is 4.79 Å². The number of nitrogens with one attached hydrogen (secondary N) is 1. The Morgan fingerprint density at radius 1 is 1.38 bits per heavy atom. The van der Waals surface area contributed by atoms with Crippen LogP contribution < -0.4 is 10.1 Å². The third-order valence-corrected chi connectivity index (χ3v) is 3.56. The maximum atomic E-state index is 12.0. The van der Waals surface area contributed by atoms with E-state index in [0.717, 1.165) is 21.3 Å². The minimum Gasteiger partial charge on any atom is -0.480 e. The lowest BCUT2D eigenvalue weighted by molar-refractivity contribution is -0.127. The van der Waals surface area contributed by atoms with Crippen LogP contribution in [0.2, 0.25) is 0 Å². The molecule has 2 rings (SSSR count). The van der Waals surface area contributed by atoms with Gasteiger partial charge in [-0.1, -0.05) is 15.9 Å². The van der Waals surface area contributed by atoms with Gasteiger partial charge in [0.1, 0.15) is 11.5 Å². The topological polar surface area (TPSA) is 51.5 Å². The highest BCUT2D eigenvalue weighted by molar-refractivity contribution is 9.10. The van der Waals surface area contributed by atoms with Gasteiger partial charge in [-0.15, -0.1) is 0 Å². The minimum atomic E-state index is -0.571. The highest BCUT2D eigenvalue weighted by Gasteiger charge is 2.17. The molecular weight excluding hydrogens is 334 g/mol. The molecule has 1 aromatic heterocycles. The second kappa shape index (κ2) is 6.80. The summed E-state index contributed by atoms with van der Waals surface area (Å²) in [5.41, 5.74) is 1.99. The van der Waals surface area contributed by atoms with E-state index in [1.54, 1.807) is 19.3 Å². The van der Waals surface area contributed by atoms with Gasteiger partial charge in [-0.05, 0) is 56.2 Å². The van der Waals surface area contributed by atoms with E-state index in [1.165, 1.54) is 0 Å². The molecule has 4 nitrogen and oxygen atoms in total. The van der Waals surface area contributed by atoms with Crippen LogP contribution in [0.15, 0.2) is 39.4 Å². The van der Waals surface area contributed by atoms with Crippen molar-refractivity contribution in [2.45, 2.75) is 33.4 Å². The number of benzene rings is 1. The third-order valence-electron chi connectivity index (χ3n) is 3.11. The first-order chi connectivity index (χ1) is 9.97. The first-order valence-electron chi connectivity index (χ1n) is 6.71. The maximum absolute atomic E-state index is 12.0. The number of aryl methyl sites for hydroxylation is 2. The number of ether oxygens (including phenoxy) is 1. The number of hydrogen-bond donors (Lipinski definition) is 1. The quantitative estimate of drug-likeness (QED) is 0.892. The van der Waals surface area contributed by atoms with Gasteiger partial charge in [0.2, 0.25) is 0 Å². The van der Waals surface area contributed by atoms with Crippen LogP contribution in [0.3, 0.4) is 0 Å². The second-order valence-corrected chi connectivity index (χ2v) is 5.84. The molecule has 2 aromatic rings. The lowest BCUT2D eigenvalue weighted by Crippen LogP contribution is -2.36. The molecule has 5 heteroatoms. The lowest BCUT2D eigenvalue weighted by atomic mass is 10.1. The average Bonchev–Trinajstić information content (AvgIpc) is 2.93. The summed E-state index contributed by atoms with van der Waals surface area (Å²) in [6, 6.07) is 7.54. The van der Waals surface area contributed by atoms with Gasteiger partial charge in [0, 0.05) is 4.47 Å². The van der Waals surface area contributed by atoms with Crippen molar-refractivity contribution in [3.05, 3.63) is 51.9 Å². The number of carbonyl (C=O) groups excluding carboxylic acids is 1. The zero-order valence-electron chi connectivity index (χ0n) is 12.3. The van der Waals surface area contributed by atoms with Gasteiger partial charge in [0.05, 0.1) is 12.8 Å². The monoisotopic (exact) mass is 351 g/mol. The molecule has 0 fully saturated rings. The molecule has 0 aliphatic heterocycles. The Hall–Kier alpha value is -1.75. The van der Waals surface area contributed by atoms with Gasteiger partial charge < -0.3 is 14.5 Å². The van der Waals surface area contributed by atoms with Crippen LogP contribution >= 0.6 is 15.9 Å². The van der Waals surface area contributed by atoms with Crippen LogP contribution in [0.1, 0.15) is 23.8 Å². The molecule has 0 spiro atoms. The smallest absolute Gasteiger partial charge is 0.261 e. The minimum absolute atomic E-state index is 0.173. The fraction of sp³-hybridized carbons (Fsp3) is 0.312. The summed E-state index contributed by atoms with van der Waals surface area (Å²) in [7, 11) is 0. The zero-order chi connectivity index (χ0) is 15.4. The van der Waals surface area contributed by atoms with E-state index in [0.29, 0.717) is 12.3 Å². The Morgan fingerprint density at radius 3 is 2.62 bits per heavy atom. The fourth-order valence-electron chi connectivity index (χ4n) is 2.04. The normalized spacial score (nSPS) is 12.0. The van der Waals surface area contributed by atoms with Crippen molar-refractivity contribution in [2.24, 2.45) is 0 Å². The van der Waals surface area contributed by atoms with Crippen molar-refractivity contribution in [3.63, 3.8) is 0 Å². The Bertz CT molecular complexity index is 599. The van der Waals surface area contributed by atoms with E-state index in [2.05, 4.69) is 21.2 Å². The molecule has 0 aliphatic carbocycles. The van der Waals surface area contributed by atoms with Gasteiger partial charge in [0.15, 0.2) is 6.10 Å². The van der Waals surface area contributed by atoms with Gasteiger partial charge in [-0.2, -0.15) is 0 Å². The first-order valence-corrected chi connectivity index (χ1v) is 7.50. The van der Waals surface area contributed by atoms with Gasteiger partial charge in [-0.25, -0.2) is 0 Å². The van der Waals surface area contributed by atoms with Crippen LogP contribution in [-0.4, -0.2) is 12.0 Å². The molecule has 21 heavy (non-hydrogen) atoms. The molecule has 1 atom stereocenters. The number of hydrogen-bond acceptors (Lipinski definition) is 3. The highest BCUT2D eigenvalue weighted by Crippen LogP contribution is 2.28. The fourth-order valence-corrected chi connectivity index (χ4v) is 2.73. The number of amides is 1. The zero-order valence-corrected chi connectivity index (χ0v) is 13.9. The van der Waals surface area contributed by atoms with E-state index in [1.807, 2.05) is 32.0 Å². The van der Waals surface area contributed by atoms with Gasteiger partial charge >= 0.3 is 0 Å². The van der Waals surface area contributed by atoms with Crippen LogP contribution in [0.25, 0.3) is 0 Å². The van der Waals surface area contributed by atoms with Crippen molar-refractivity contribution in [1.82, 2.24) is 5.32 Å². The molecular formula is C16H18BrNO3. The van der Waals surface area contributed by atoms with E-state index < -0.39 is 6.10 Å². The summed E-state index contributed by atoms with van der Waals surface area (Å²) in [6.07, 6.45) is 1.01. The van der Waals surface area contributed by atoms with E-state index in [4.69, 9.17) is 9.15 Å². The Morgan fingerprint density at radius 2 is 2.05 bits per heavy atom. The SMILES string of the molecule is Cc1cc(Br)cc(C)c1OC(C)C(=O)NCc1ccco1. The molecule has 0 saturated carbocycles. The summed E-state index contributed by atoms with van der Waals surface area (Å²) in [5, 5.41) is 2.79. The molecule has 1 amide bonds. The molecule has 1 aromatic carbocycles. The molecule has 1 N–H and O–H groups in total. The van der Waals surface area contributed by atoms with E-state index >= 15 is 0 Å². The Balaban J connectivity index is 1.97. The molecule has 1 unspecified atom stereocenters. The van der Waals surface area contributed by atoms with Crippen molar-refractivity contribution < 1.29 is 13.9 Å². The van der Waals surface area contributed by atoms with Crippen LogP contribution in [0.4, 0.5) is 0 Å². The number of halogens is 1. The second-order valence-electron chi connectivity index (χ2n) is 4.93. The predicted octanol–water partition coefficient (Wildman–Crippen LogP) is 3.74. The van der Waals surface area contributed by atoms with Crippen LogP contribution in [0.5, 0.6) is 5.75 Å². The standard InChI is InChI=1S/C16H18BrNO3/c1-10-7-13(17)8-11(2)15(10)21-12(3)16(19)18-9-14-5-4-6-20-14/h4-8,12H,9H2,1-3H3,(H,18,19). The number of rotatable bonds is 5. The van der Waals surface area contributed by atoms with Gasteiger partial charge in [-0.3, -0.25) is 4.79 Å². The summed E-state index contributed by atoms with van der Waals surface area (Å²) in [4.78, 5) is 12.0. The molecule has 0 radical (unpaired) electrons. The summed E-state index contributed by atoms with van der Waals surface area (Å²) in [5.74, 6) is 1.29. The third kappa shape index (κ3) is 4.11. The Labute approximate surface area is 132 Å². The lowest BCUT2D eigenvalue weighted by Gasteiger charge is -2.18. The van der Waals surface area contributed by atoms with Crippen LogP contribution in [0, 0.1) is 13.8 Å². The molecule has 112 valence electrons. The van der Waals surface area contributed by atoms with Crippen molar-refractivity contribution >= 4 is 21.8 Å². The highest BCUT2D eigenvalue weighted by atomic mass is 79.9. The first kappa shape index (κ1) is 15.6. The van der Waals surface area contributed by atoms with Crippen molar-refractivity contribution in [2.75, 3.05) is 0 Å². The maximum Gasteiger partial charge on any atom is 0.261 e. The summed E-state index contributed by atoms with van der Waals surface area (Å²) in [6.45, 7) is 6.01. The predicted molar refractivity (Wildman–Crippen MR) is 84.3 cm³/mol. The summed E-state index contributed by atoms with van der Waals surface area (Å²) >= 11 is 3.44. The molecule has 0 saturated heterocycles. The van der Waals surface area contributed by atoms with Crippen molar-refractivity contribution in [1.29, 1.82) is 0 Å². The molecule has 0 aliphatic rings. The molecule has 0 bridgehead atoms. The van der Waals surface area contributed by atoms with Crippen LogP contribution in [-0.2, 0) is 11.3 Å². The van der Waals surface area contributed by atoms with Gasteiger partial charge in [0.25, 0.3) is 5.91 Å². The molecule has 1 heterocycles. The number of carbonyl (C=O) groups is 1. The van der Waals surface area contributed by atoms with Crippen molar-refractivity contribution in [3.8, 4) is 5.75 Å². The van der Waals surface area contributed by atoms with E-state index in [-0.39, 0.29) is 5.91 Å². The largest absolute Gasteiger partial charge is 0.480 e. The summed E-state index contributed by atoms with van der Waals surface area (Å²) < 4.78 is 12.0. The average molecular weight is 352 g/mol. The Kier molecular flexibility index (Phi) is 5.07. The number of furan rings is 1.